The Morgan fingerprint density at radius 3 is 2.55 bits per heavy atom. The van der Waals surface area contributed by atoms with E-state index in [9.17, 15) is 0 Å². The lowest BCUT2D eigenvalue weighted by atomic mass is 10.1. The summed E-state index contributed by atoms with van der Waals surface area (Å²) in [6, 6.07) is 0.857. The predicted molar refractivity (Wildman–Crippen MR) is 47.5 cm³/mol. The minimum atomic E-state index is 0.857. The van der Waals surface area contributed by atoms with Crippen LogP contribution in [0.1, 0.15) is 39.0 Å². The van der Waals surface area contributed by atoms with E-state index >= 15 is 0 Å². The second kappa shape index (κ2) is 3.14. The van der Waals surface area contributed by atoms with Crippen LogP contribution >= 0.6 is 0 Å². The lowest BCUT2D eigenvalue weighted by Gasteiger charge is -2.16. The van der Waals surface area contributed by atoms with Crippen molar-refractivity contribution in [1.29, 1.82) is 0 Å². The molecular weight excluding hydrogens is 134 g/mol. The molecule has 0 saturated heterocycles. The van der Waals surface area contributed by atoms with Crippen LogP contribution in [0.5, 0.6) is 0 Å². The summed E-state index contributed by atoms with van der Waals surface area (Å²) in [5.74, 6) is 1.98. The second-order valence-electron chi connectivity index (χ2n) is 4.37. The topological polar surface area (TPSA) is 12.0 Å². The summed E-state index contributed by atoms with van der Waals surface area (Å²) in [4.78, 5) is 0. The number of rotatable bonds is 3. The molecule has 2 saturated carbocycles. The summed E-state index contributed by atoms with van der Waals surface area (Å²) in [5.41, 5.74) is 0. The first-order valence-electron chi connectivity index (χ1n) is 5.09. The van der Waals surface area contributed by atoms with Crippen molar-refractivity contribution in [3.05, 3.63) is 0 Å². The van der Waals surface area contributed by atoms with Crippen LogP contribution < -0.4 is 5.32 Å². The summed E-state index contributed by atoms with van der Waals surface area (Å²) in [7, 11) is 0. The molecule has 2 fully saturated rings. The van der Waals surface area contributed by atoms with Crippen LogP contribution in [0.15, 0.2) is 0 Å². The van der Waals surface area contributed by atoms with Gasteiger partial charge in [-0.1, -0.05) is 13.3 Å². The molecule has 0 heterocycles. The van der Waals surface area contributed by atoms with Crippen LogP contribution in [-0.4, -0.2) is 12.6 Å². The highest BCUT2D eigenvalue weighted by Crippen LogP contribution is 2.30. The average Bonchev–Trinajstić information content (AvgIpc) is 2.73. The van der Waals surface area contributed by atoms with Gasteiger partial charge in [0.1, 0.15) is 0 Å². The van der Waals surface area contributed by atoms with Crippen molar-refractivity contribution in [3.8, 4) is 0 Å². The molecule has 0 aliphatic heterocycles. The Morgan fingerprint density at radius 2 is 2.00 bits per heavy atom. The Hall–Kier alpha value is -0.0400. The van der Waals surface area contributed by atoms with Gasteiger partial charge in [0, 0.05) is 6.04 Å². The van der Waals surface area contributed by atoms with Gasteiger partial charge in [0.25, 0.3) is 0 Å². The van der Waals surface area contributed by atoms with E-state index < -0.39 is 0 Å². The molecule has 2 rings (SSSR count). The van der Waals surface area contributed by atoms with E-state index in [-0.39, 0.29) is 0 Å². The van der Waals surface area contributed by atoms with E-state index in [0.29, 0.717) is 0 Å². The minimum Gasteiger partial charge on any atom is -0.313 e. The molecule has 64 valence electrons. The zero-order valence-electron chi connectivity index (χ0n) is 7.47. The van der Waals surface area contributed by atoms with Crippen LogP contribution in [0, 0.1) is 11.8 Å². The number of hydrogen-bond donors (Lipinski definition) is 1. The molecule has 2 atom stereocenters. The Bertz CT molecular complexity index is 129. The Balaban J connectivity index is 1.67. The van der Waals surface area contributed by atoms with Crippen LogP contribution in [0.2, 0.25) is 0 Å². The van der Waals surface area contributed by atoms with E-state index in [1.54, 1.807) is 0 Å². The molecule has 0 aromatic heterocycles. The highest BCUT2D eigenvalue weighted by atomic mass is 14.9. The molecule has 2 unspecified atom stereocenters. The predicted octanol–water partition coefficient (Wildman–Crippen LogP) is 2.17. The fourth-order valence-electron chi connectivity index (χ4n) is 2.09. The first-order valence-corrected chi connectivity index (χ1v) is 5.09. The Kier molecular flexibility index (Phi) is 2.17. The normalized spacial score (nSPS) is 37.9. The van der Waals surface area contributed by atoms with E-state index in [1.165, 1.54) is 38.6 Å². The van der Waals surface area contributed by atoms with Gasteiger partial charge in [0.05, 0.1) is 0 Å². The fourth-order valence-corrected chi connectivity index (χ4v) is 2.09. The molecule has 0 bridgehead atoms. The molecule has 1 heteroatoms. The van der Waals surface area contributed by atoms with Gasteiger partial charge in [-0.2, -0.15) is 0 Å². The Morgan fingerprint density at radius 1 is 1.18 bits per heavy atom. The first kappa shape index (κ1) is 7.60. The minimum absolute atomic E-state index is 0.857. The van der Waals surface area contributed by atoms with Gasteiger partial charge >= 0.3 is 0 Å². The van der Waals surface area contributed by atoms with Crippen LogP contribution in [0.3, 0.4) is 0 Å². The van der Waals surface area contributed by atoms with Crippen molar-refractivity contribution in [2.75, 3.05) is 6.54 Å². The molecule has 0 amide bonds. The number of hydrogen-bond acceptors (Lipinski definition) is 1. The zero-order chi connectivity index (χ0) is 7.68. The molecule has 11 heavy (non-hydrogen) atoms. The maximum atomic E-state index is 3.69. The smallest absolute Gasteiger partial charge is 0.00928 e. The molecule has 0 spiro atoms. The van der Waals surface area contributed by atoms with Crippen molar-refractivity contribution in [3.63, 3.8) is 0 Å². The highest BCUT2D eigenvalue weighted by molar-refractivity contribution is 4.83. The third kappa shape index (κ3) is 1.96. The van der Waals surface area contributed by atoms with Gasteiger partial charge in [0.15, 0.2) is 0 Å². The monoisotopic (exact) mass is 153 g/mol. The summed E-state index contributed by atoms with van der Waals surface area (Å²) in [6.07, 6.45) is 7.28. The van der Waals surface area contributed by atoms with Gasteiger partial charge in [-0.15, -0.1) is 0 Å². The largest absolute Gasteiger partial charge is 0.313 e. The Labute approximate surface area is 69.6 Å². The summed E-state index contributed by atoms with van der Waals surface area (Å²) in [6.45, 7) is 3.69. The van der Waals surface area contributed by atoms with Crippen molar-refractivity contribution in [2.45, 2.75) is 45.1 Å². The molecule has 1 N–H and O–H groups in total. The van der Waals surface area contributed by atoms with Gasteiger partial charge in [-0.25, -0.2) is 0 Å². The van der Waals surface area contributed by atoms with Crippen LogP contribution in [-0.2, 0) is 0 Å². The summed E-state index contributed by atoms with van der Waals surface area (Å²) < 4.78 is 0. The van der Waals surface area contributed by atoms with Crippen molar-refractivity contribution >= 4 is 0 Å². The standard InChI is InChI=1S/C10H19N/c1-8-3-2-4-10(8)11-7-9-5-6-9/h8-11H,2-7H2,1H3. The molecular formula is C10H19N. The highest BCUT2D eigenvalue weighted by Gasteiger charge is 2.26. The zero-order valence-corrected chi connectivity index (χ0v) is 7.47. The van der Waals surface area contributed by atoms with Crippen LogP contribution in [0.25, 0.3) is 0 Å². The SMILES string of the molecule is CC1CCCC1NCC1CC1. The maximum Gasteiger partial charge on any atom is 0.00928 e. The van der Waals surface area contributed by atoms with Gasteiger partial charge in [-0.3, -0.25) is 0 Å². The van der Waals surface area contributed by atoms with E-state index in [4.69, 9.17) is 0 Å². The van der Waals surface area contributed by atoms with Gasteiger partial charge in [-0.05, 0) is 44.1 Å². The third-order valence-corrected chi connectivity index (χ3v) is 3.23. The second-order valence-corrected chi connectivity index (χ2v) is 4.37. The molecule has 2 aliphatic rings. The summed E-state index contributed by atoms with van der Waals surface area (Å²) >= 11 is 0. The lowest BCUT2D eigenvalue weighted by Crippen LogP contribution is -2.32. The van der Waals surface area contributed by atoms with Gasteiger partial charge in [0.2, 0.25) is 0 Å². The van der Waals surface area contributed by atoms with Gasteiger partial charge < -0.3 is 5.32 Å². The molecule has 1 nitrogen and oxygen atoms in total. The third-order valence-electron chi connectivity index (χ3n) is 3.23. The lowest BCUT2D eigenvalue weighted by molar-refractivity contribution is 0.419. The summed E-state index contributed by atoms with van der Waals surface area (Å²) in [5, 5.41) is 3.69. The molecule has 0 aromatic carbocycles. The van der Waals surface area contributed by atoms with E-state index in [2.05, 4.69) is 12.2 Å². The fraction of sp³-hybridized carbons (Fsp3) is 1.00. The molecule has 2 aliphatic carbocycles. The van der Waals surface area contributed by atoms with Crippen molar-refractivity contribution in [2.24, 2.45) is 11.8 Å². The first-order chi connectivity index (χ1) is 5.36. The molecule has 0 radical (unpaired) electrons. The number of nitrogens with one attached hydrogen (secondary N) is 1. The van der Waals surface area contributed by atoms with Crippen molar-refractivity contribution < 1.29 is 0 Å². The van der Waals surface area contributed by atoms with Crippen LogP contribution in [0.4, 0.5) is 0 Å². The molecule has 0 aromatic rings. The van der Waals surface area contributed by atoms with E-state index in [1.807, 2.05) is 0 Å². The maximum absolute atomic E-state index is 3.69. The average molecular weight is 153 g/mol. The van der Waals surface area contributed by atoms with E-state index in [0.717, 1.165) is 17.9 Å². The quantitative estimate of drug-likeness (QED) is 0.655. The van der Waals surface area contributed by atoms with Crippen molar-refractivity contribution in [1.82, 2.24) is 5.32 Å².